The number of hydrogen-bond donors (Lipinski definition) is 2. The van der Waals surface area contributed by atoms with Crippen molar-refractivity contribution in [1.29, 1.82) is 0 Å². The molecular formula is C16H24IN5S. The number of nitrogens with one attached hydrogen (secondary N) is 2. The van der Waals surface area contributed by atoms with E-state index in [4.69, 9.17) is 0 Å². The molecular weight excluding hydrogens is 421 g/mol. The van der Waals surface area contributed by atoms with Gasteiger partial charge in [-0.3, -0.25) is 9.98 Å². The molecule has 2 aromatic heterocycles. The van der Waals surface area contributed by atoms with E-state index < -0.39 is 0 Å². The monoisotopic (exact) mass is 445 g/mol. The van der Waals surface area contributed by atoms with Crippen LogP contribution in [0.2, 0.25) is 0 Å². The van der Waals surface area contributed by atoms with E-state index in [0.29, 0.717) is 19.0 Å². The van der Waals surface area contributed by atoms with Gasteiger partial charge >= 0.3 is 0 Å². The SMILES string of the molecule is CN=C(NCc1nc(C(C)C)cs1)NCc1ncccc1C.I. The Hall–Kier alpha value is -1.22. The van der Waals surface area contributed by atoms with Crippen LogP contribution in [0.4, 0.5) is 0 Å². The molecule has 2 rings (SSSR count). The van der Waals surface area contributed by atoms with Gasteiger partial charge in [-0.05, 0) is 24.5 Å². The van der Waals surface area contributed by atoms with Gasteiger partial charge in [0.2, 0.25) is 0 Å². The minimum atomic E-state index is 0. The zero-order chi connectivity index (χ0) is 15.9. The Kier molecular flexibility index (Phi) is 8.46. The van der Waals surface area contributed by atoms with E-state index in [1.165, 1.54) is 5.56 Å². The van der Waals surface area contributed by atoms with Crippen molar-refractivity contribution < 1.29 is 0 Å². The van der Waals surface area contributed by atoms with Crippen LogP contribution in [-0.2, 0) is 13.1 Å². The van der Waals surface area contributed by atoms with Crippen LogP contribution in [0.3, 0.4) is 0 Å². The van der Waals surface area contributed by atoms with Crippen LogP contribution in [0.5, 0.6) is 0 Å². The van der Waals surface area contributed by atoms with Gasteiger partial charge in [-0.25, -0.2) is 4.98 Å². The topological polar surface area (TPSA) is 62.2 Å². The number of halogens is 1. The first kappa shape index (κ1) is 19.8. The van der Waals surface area contributed by atoms with Crippen molar-refractivity contribution in [2.75, 3.05) is 7.05 Å². The van der Waals surface area contributed by atoms with Crippen molar-refractivity contribution in [2.24, 2.45) is 4.99 Å². The maximum absolute atomic E-state index is 4.61. The molecule has 0 unspecified atom stereocenters. The van der Waals surface area contributed by atoms with Gasteiger partial charge in [0.15, 0.2) is 5.96 Å². The van der Waals surface area contributed by atoms with Gasteiger partial charge in [0.05, 0.1) is 24.5 Å². The fraction of sp³-hybridized carbons (Fsp3) is 0.438. The lowest BCUT2D eigenvalue weighted by Gasteiger charge is -2.11. The lowest BCUT2D eigenvalue weighted by molar-refractivity contribution is 0.775. The van der Waals surface area contributed by atoms with E-state index in [1.54, 1.807) is 18.4 Å². The average molecular weight is 445 g/mol. The molecule has 7 heteroatoms. The van der Waals surface area contributed by atoms with E-state index in [1.807, 2.05) is 12.3 Å². The summed E-state index contributed by atoms with van der Waals surface area (Å²) < 4.78 is 0. The third kappa shape index (κ3) is 6.06. The van der Waals surface area contributed by atoms with Gasteiger partial charge in [0.1, 0.15) is 5.01 Å². The van der Waals surface area contributed by atoms with Gasteiger partial charge in [-0.15, -0.1) is 35.3 Å². The lowest BCUT2D eigenvalue weighted by atomic mass is 10.2. The first-order valence-electron chi connectivity index (χ1n) is 7.39. The van der Waals surface area contributed by atoms with Crippen molar-refractivity contribution in [2.45, 2.75) is 39.8 Å². The molecule has 0 aromatic carbocycles. The van der Waals surface area contributed by atoms with Gasteiger partial charge in [0.25, 0.3) is 0 Å². The summed E-state index contributed by atoms with van der Waals surface area (Å²) in [6, 6.07) is 4.00. The number of aryl methyl sites for hydroxylation is 1. The number of aromatic nitrogens is 2. The van der Waals surface area contributed by atoms with Crippen LogP contribution >= 0.6 is 35.3 Å². The predicted octanol–water partition coefficient (Wildman–Crippen LogP) is 3.45. The number of rotatable bonds is 5. The summed E-state index contributed by atoms with van der Waals surface area (Å²) in [5.74, 6) is 1.22. The summed E-state index contributed by atoms with van der Waals surface area (Å²) in [6.07, 6.45) is 1.81. The largest absolute Gasteiger partial charge is 0.351 e. The zero-order valence-corrected chi connectivity index (χ0v) is 17.1. The number of hydrogen-bond acceptors (Lipinski definition) is 4. The van der Waals surface area contributed by atoms with Crippen molar-refractivity contribution in [1.82, 2.24) is 20.6 Å². The highest BCUT2D eigenvalue weighted by atomic mass is 127. The number of guanidine groups is 1. The summed E-state index contributed by atoms with van der Waals surface area (Å²) in [6.45, 7) is 7.70. The molecule has 0 aliphatic carbocycles. The Morgan fingerprint density at radius 2 is 2.04 bits per heavy atom. The van der Waals surface area contributed by atoms with E-state index in [9.17, 15) is 0 Å². The van der Waals surface area contributed by atoms with Crippen LogP contribution in [-0.4, -0.2) is 23.0 Å². The smallest absolute Gasteiger partial charge is 0.191 e. The first-order valence-corrected chi connectivity index (χ1v) is 8.27. The standard InChI is InChI=1S/C16H23N5S.HI/c1-11(2)14-10-22-15(21-14)9-20-16(17-4)19-8-13-12(3)6-5-7-18-13;/h5-7,10-11H,8-9H2,1-4H3,(H2,17,19,20);1H. The van der Waals surface area contributed by atoms with Crippen LogP contribution in [0.1, 0.15) is 41.7 Å². The second-order valence-electron chi connectivity index (χ2n) is 5.37. The Morgan fingerprint density at radius 3 is 2.65 bits per heavy atom. The lowest BCUT2D eigenvalue weighted by Crippen LogP contribution is -2.36. The highest BCUT2D eigenvalue weighted by Gasteiger charge is 2.07. The number of nitrogens with zero attached hydrogens (tertiary/aromatic N) is 3. The van der Waals surface area contributed by atoms with Crippen molar-refractivity contribution in [3.05, 3.63) is 45.7 Å². The molecule has 0 saturated heterocycles. The second-order valence-corrected chi connectivity index (χ2v) is 6.31. The van der Waals surface area contributed by atoms with Gasteiger partial charge < -0.3 is 10.6 Å². The molecule has 0 aliphatic heterocycles. The Morgan fingerprint density at radius 1 is 1.30 bits per heavy atom. The number of thiazole rings is 1. The highest BCUT2D eigenvalue weighted by molar-refractivity contribution is 14.0. The Bertz CT molecular complexity index is 639. The van der Waals surface area contributed by atoms with Gasteiger partial charge in [0, 0.05) is 18.6 Å². The van der Waals surface area contributed by atoms with Gasteiger partial charge in [-0.1, -0.05) is 19.9 Å². The van der Waals surface area contributed by atoms with Crippen LogP contribution in [0, 0.1) is 6.92 Å². The Balaban J connectivity index is 0.00000264. The molecule has 2 aromatic rings. The van der Waals surface area contributed by atoms with Gasteiger partial charge in [-0.2, -0.15) is 0 Å². The molecule has 5 nitrogen and oxygen atoms in total. The fourth-order valence-corrected chi connectivity index (χ4v) is 2.82. The van der Waals surface area contributed by atoms with E-state index >= 15 is 0 Å². The summed E-state index contributed by atoms with van der Waals surface area (Å²) in [5, 5.41) is 9.76. The zero-order valence-electron chi connectivity index (χ0n) is 14.0. The quantitative estimate of drug-likeness (QED) is 0.421. The normalized spacial score (nSPS) is 11.3. The Labute approximate surface area is 159 Å². The minimum Gasteiger partial charge on any atom is -0.351 e. The fourth-order valence-electron chi connectivity index (χ4n) is 1.92. The van der Waals surface area contributed by atoms with E-state index in [0.717, 1.165) is 22.4 Å². The number of aliphatic imine (C=N–C) groups is 1. The molecule has 0 bridgehead atoms. The molecule has 0 fully saturated rings. The van der Waals surface area contributed by atoms with Crippen molar-refractivity contribution in [3.63, 3.8) is 0 Å². The molecule has 0 amide bonds. The molecule has 0 radical (unpaired) electrons. The third-order valence-corrected chi connectivity index (χ3v) is 4.20. The van der Waals surface area contributed by atoms with Crippen LogP contribution in [0.25, 0.3) is 0 Å². The van der Waals surface area contributed by atoms with Crippen molar-refractivity contribution in [3.8, 4) is 0 Å². The minimum absolute atomic E-state index is 0. The molecule has 0 atom stereocenters. The molecule has 126 valence electrons. The molecule has 2 heterocycles. The maximum atomic E-state index is 4.61. The van der Waals surface area contributed by atoms with E-state index in [2.05, 4.69) is 57.8 Å². The molecule has 0 aliphatic rings. The summed E-state index contributed by atoms with van der Waals surface area (Å²) >= 11 is 1.68. The van der Waals surface area contributed by atoms with Crippen LogP contribution in [0.15, 0.2) is 28.7 Å². The van der Waals surface area contributed by atoms with Crippen LogP contribution < -0.4 is 10.6 Å². The predicted molar refractivity (Wildman–Crippen MR) is 108 cm³/mol. The first-order chi connectivity index (χ1) is 10.6. The average Bonchev–Trinajstić information content (AvgIpc) is 2.98. The highest BCUT2D eigenvalue weighted by Crippen LogP contribution is 2.17. The number of pyridine rings is 1. The van der Waals surface area contributed by atoms with Crippen molar-refractivity contribution >= 4 is 41.3 Å². The molecule has 0 saturated carbocycles. The summed E-state index contributed by atoms with van der Waals surface area (Å²) in [7, 11) is 1.77. The summed E-state index contributed by atoms with van der Waals surface area (Å²) in [4.78, 5) is 13.2. The third-order valence-electron chi connectivity index (χ3n) is 3.33. The van der Waals surface area contributed by atoms with E-state index in [-0.39, 0.29) is 24.0 Å². The molecule has 23 heavy (non-hydrogen) atoms. The molecule has 0 spiro atoms. The summed E-state index contributed by atoms with van der Waals surface area (Å²) in [5.41, 5.74) is 3.35. The second kappa shape index (κ2) is 9.82. The maximum Gasteiger partial charge on any atom is 0.191 e. The molecule has 2 N–H and O–H groups in total.